The molecule has 0 unspecified atom stereocenters. The van der Waals surface area contributed by atoms with Gasteiger partial charge in [0.2, 0.25) is 0 Å². The molecule has 3 heterocycles. The van der Waals surface area contributed by atoms with E-state index in [9.17, 15) is 9.90 Å². The Morgan fingerprint density at radius 2 is 2.25 bits per heavy atom. The number of likely N-dealkylation sites (N-methyl/N-ethyl adjacent to an activating group) is 1. The standard InChI is InChI=1S/C17H22N4O2S/c1-12-15(24-13(2)19-12)16(22)20(3)10-17(23)7-9-21(11-17)14-6-4-5-8-18-14/h4-6,8,23H,7,9-11H2,1-3H3/t17-/m1/s1. The molecule has 1 N–H and O–H groups in total. The number of aliphatic hydroxyl groups is 1. The third kappa shape index (κ3) is 3.42. The van der Waals surface area contributed by atoms with Gasteiger partial charge in [0, 0.05) is 26.3 Å². The second-order valence-corrected chi connectivity index (χ2v) is 7.60. The summed E-state index contributed by atoms with van der Waals surface area (Å²) in [5.41, 5.74) is -0.168. The second-order valence-electron chi connectivity index (χ2n) is 6.39. The molecule has 0 bridgehead atoms. The number of carbonyl (C=O) groups is 1. The molecule has 0 aliphatic carbocycles. The van der Waals surface area contributed by atoms with Crippen LogP contribution in [0.3, 0.4) is 0 Å². The molecule has 0 saturated carbocycles. The van der Waals surface area contributed by atoms with Gasteiger partial charge in [-0.1, -0.05) is 6.07 Å². The predicted molar refractivity (Wildman–Crippen MR) is 94.6 cm³/mol. The number of hydrogen-bond acceptors (Lipinski definition) is 6. The van der Waals surface area contributed by atoms with Crippen LogP contribution < -0.4 is 4.90 Å². The van der Waals surface area contributed by atoms with Crippen molar-refractivity contribution in [2.24, 2.45) is 0 Å². The van der Waals surface area contributed by atoms with Crippen LogP contribution in [0.25, 0.3) is 0 Å². The topological polar surface area (TPSA) is 69.6 Å². The Morgan fingerprint density at radius 3 is 2.88 bits per heavy atom. The van der Waals surface area contributed by atoms with Gasteiger partial charge >= 0.3 is 0 Å². The summed E-state index contributed by atoms with van der Waals surface area (Å²) >= 11 is 1.40. The van der Waals surface area contributed by atoms with E-state index < -0.39 is 5.60 Å². The maximum atomic E-state index is 12.6. The highest BCUT2D eigenvalue weighted by Gasteiger charge is 2.38. The number of pyridine rings is 1. The monoisotopic (exact) mass is 346 g/mol. The van der Waals surface area contributed by atoms with Crippen LogP contribution in [0.5, 0.6) is 0 Å². The van der Waals surface area contributed by atoms with E-state index in [1.807, 2.05) is 32.0 Å². The number of rotatable bonds is 4. The van der Waals surface area contributed by atoms with Gasteiger partial charge in [0.05, 0.1) is 17.2 Å². The highest BCUT2D eigenvalue weighted by molar-refractivity contribution is 7.13. The lowest BCUT2D eigenvalue weighted by Crippen LogP contribution is -2.45. The summed E-state index contributed by atoms with van der Waals surface area (Å²) in [7, 11) is 1.73. The first-order chi connectivity index (χ1) is 11.4. The average Bonchev–Trinajstić information content (AvgIpc) is 3.10. The highest BCUT2D eigenvalue weighted by atomic mass is 32.1. The first-order valence-corrected chi connectivity index (χ1v) is 8.77. The predicted octanol–water partition coefficient (Wildman–Crippen LogP) is 1.87. The van der Waals surface area contributed by atoms with Crippen LogP contribution in [0.2, 0.25) is 0 Å². The zero-order valence-corrected chi connectivity index (χ0v) is 15.0. The Bertz CT molecular complexity index is 733. The summed E-state index contributed by atoms with van der Waals surface area (Å²) in [6.07, 6.45) is 2.36. The Balaban J connectivity index is 1.67. The smallest absolute Gasteiger partial charge is 0.265 e. The summed E-state index contributed by atoms with van der Waals surface area (Å²) in [5, 5.41) is 11.8. The number of amides is 1. The van der Waals surface area contributed by atoms with Crippen molar-refractivity contribution in [1.29, 1.82) is 0 Å². The molecular weight excluding hydrogens is 324 g/mol. The molecular formula is C17H22N4O2S. The molecule has 1 atom stereocenters. The van der Waals surface area contributed by atoms with Gasteiger partial charge in [-0.15, -0.1) is 11.3 Å². The lowest BCUT2D eigenvalue weighted by atomic mass is 10.0. The van der Waals surface area contributed by atoms with Crippen LogP contribution in [-0.4, -0.2) is 58.2 Å². The summed E-state index contributed by atoms with van der Waals surface area (Å²) in [5.74, 6) is 0.777. The third-order valence-electron chi connectivity index (χ3n) is 4.28. The third-order valence-corrected chi connectivity index (χ3v) is 5.34. The fourth-order valence-electron chi connectivity index (χ4n) is 3.14. The molecule has 1 fully saturated rings. The van der Waals surface area contributed by atoms with E-state index in [0.29, 0.717) is 24.4 Å². The van der Waals surface area contributed by atoms with E-state index in [1.165, 1.54) is 11.3 Å². The van der Waals surface area contributed by atoms with Crippen molar-refractivity contribution in [2.75, 3.05) is 31.6 Å². The largest absolute Gasteiger partial charge is 0.386 e. The van der Waals surface area contributed by atoms with Crippen molar-refractivity contribution in [3.05, 3.63) is 40.0 Å². The molecule has 1 amide bonds. The molecule has 128 valence electrons. The molecule has 1 aliphatic rings. The van der Waals surface area contributed by atoms with Crippen molar-refractivity contribution in [3.8, 4) is 0 Å². The fourth-order valence-corrected chi connectivity index (χ4v) is 4.05. The molecule has 3 rings (SSSR count). The molecule has 2 aromatic rings. The molecule has 6 nitrogen and oxygen atoms in total. The first kappa shape index (κ1) is 16.9. The maximum Gasteiger partial charge on any atom is 0.265 e. The molecule has 24 heavy (non-hydrogen) atoms. The minimum atomic E-state index is -0.921. The number of aromatic nitrogens is 2. The fraction of sp³-hybridized carbons (Fsp3) is 0.471. The first-order valence-electron chi connectivity index (χ1n) is 7.96. The van der Waals surface area contributed by atoms with Gasteiger partial charge in [0.15, 0.2) is 0 Å². The van der Waals surface area contributed by atoms with Gasteiger partial charge in [-0.2, -0.15) is 0 Å². The molecule has 1 aliphatic heterocycles. The quantitative estimate of drug-likeness (QED) is 0.915. The van der Waals surface area contributed by atoms with Crippen LogP contribution in [-0.2, 0) is 0 Å². The lowest BCUT2D eigenvalue weighted by molar-refractivity contribution is 0.0266. The van der Waals surface area contributed by atoms with Crippen LogP contribution >= 0.6 is 11.3 Å². The SMILES string of the molecule is Cc1nc(C)c(C(=O)N(C)C[C@]2(O)CCN(c3ccccn3)C2)s1. The van der Waals surface area contributed by atoms with Crippen LogP contribution in [0.1, 0.15) is 26.8 Å². The van der Waals surface area contributed by atoms with Crippen molar-refractivity contribution in [2.45, 2.75) is 25.9 Å². The van der Waals surface area contributed by atoms with Gasteiger partial charge in [0.1, 0.15) is 16.3 Å². The van der Waals surface area contributed by atoms with Crippen molar-refractivity contribution < 1.29 is 9.90 Å². The summed E-state index contributed by atoms with van der Waals surface area (Å²) in [4.78, 5) is 25.6. The normalized spacial score (nSPS) is 20.4. The molecule has 0 spiro atoms. The number of anilines is 1. The number of hydrogen-bond donors (Lipinski definition) is 1. The van der Waals surface area contributed by atoms with E-state index in [2.05, 4.69) is 14.9 Å². The van der Waals surface area contributed by atoms with Crippen molar-refractivity contribution >= 4 is 23.1 Å². The number of β-amino-alcohol motifs (C(OH)–C–C–N with tert-alkyl or cyclic N) is 1. The number of nitrogens with zero attached hydrogens (tertiary/aromatic N) is 4. The van der Waals surface area contributed by atoms with Crippen molar-refractivity contribution in [3.63, 3.8) is 0 Å². The van der Waals surface area contributed by atoms with Gasteiger partial charge in [0.25, 0.3) is 5.91 Å². The van der Waals surface area contributed by atoms with Gasteiger partial charge in [-0.3, -0.25) is 4.79 Å². The van der Waals surface area contributed by atoms with Crippen LogP contribution in [0.15, 0.2) is 24.4 Å². The maximum absolute atomic E-state index is 12.6. The minimum absolute atomic E-state index is 0.0807. The molecule has 2 aromatic heterocycles. The van der Waals surface area contributed by atoms with E-state index >= 15 is 0 Å². The van der Waals surface area contributed by atoms with Crippen LogP contribution in [0.4, 0.5) is 5.82 Å². The molecule has 0 aromatic carbocycles. The van der Waals surface area contributed by atoms with E-state index in [-0.39, 0.29) is 5.91 Å². The summed E-state index contributed by atoms with van der Waals surface area (Å²) in [6, 6.07) is 5.74. The lowest BCUT2D eigenvalue weighted by Gasteiger charge is -2.29. The number of aryl methyl sites for hydroxylation is 2. The van der Waals surface area contributed by atoms with E-state index in [0.717, 1.165) is 23.1 Å². The Hall–Kier alpha value is -1.99. The van der Waals surface area contributed by atoms with Crippen LogP contribution in [0, 0.1) is 13.8 Å². The minimum Gasteiger partial charge on any atom is -0.386 e. The Morgan fingerprint density at radius 1 is 1.46 bits per heavy atom. The number of carbonyl (C=O) groups excluding carboxylic acids is 1. The molecule has 0 radical (unpaired) electrons. The zero-order valence-electron chi connectivity index (χ0n) is 14.2. The van der Waals surface area contributed by atoms with Crippen molar-refractivity contribution in [1.82, 2.24) is 14.9 Å². The molecule has 1 saturated heterocycles. The van der Waals surface area contributed by atoms with Gasteiger partial charge in [-0.25, -0.2) is 9.97 Å². The summed E-state index contributed by atoms with van der Waals surface area (Å²) in [6.45, 7) is 5.24. The Labute approximate surface area is 145 Å². The Kier molecular flexibility index (Phi) is 4.56. The second kappa shape index (κ2) is 6.49. The van der Waals surface area contributed by atoms with Gasteiger partial charge < -0.3 is 14.9 Å². The highest BCUT2D eigenvalue weighted by Crippen LogP contribution is 2.27. The zero-order chi connectivity index (χ0) is 17.3. The average molecular weight is 346 g/mol. The van der Waals surface area contributed by atoms with E-state index in [1.54, 1.807) is 18.1 Å². The number of thiazole rings is 1. The van der Waals surface area contributed by atoms with Gasteiger partial charge in [-0.05, 0) is 32.4 Å². The van der Waals surface area contributed by atoms with E-state index in [4.69, 9.17) is 0 Å². The summed E-state index contributed by atoms with van der Waals surface area (Å²) < 4.78 is 0. The molecule has 7 heteroatoms.